The summed E-state index contributed by atoms with van der Waals surface area (Å²) < 4.78 is 11.7. The summed E-state index contributed by atoms with van der Waals surface area (Å²) in [5.74, 6) is 1.08. The van der Waals surface area contributed by atoms with Gasteiger partial charge in [-0.15, -0.1) is 12.4 Å². The number of amides is 1. The van der Waals surface area contributed by atoms with E-state index >= 15 is 0 Å². The second-order valence-electron chi connectivity index (χ2n) is 6.97. The molecule has 0 saturated heterocycles. The lowest BCUT2D eigenvalue weighted by Gasteiger charge is -2.21. The number of aromatic nitrogens is 1. The predicted octanol–water partition coefficient (Wildman–Crippen LogP) is 4.21. The van der Waals surface area contributed by atoms with Crippen molar-refractivity contribution in [1.82, 2.24) is 9.88 Å². The lowest BCUT2D eigenvalue weighted by atomic mass is 10.1. The van der Waals surface area contributed by atoms with Crippen LogP contribution in [0.3, 0.4) is 0 Å². The van der Waals surface area contributed by atoms with Crippen molar-refractivity contribution in [3.63, 3.8) is 0 Å². The van der Waals surface area contributed by atoms with Gasteiger partial charge in [0.2, 0.25) is 0 Å². The molecule has 0 spiro atoms. The second-order valence-corrected chi connectivity index (χ2v) is 7.98. The Hall–Kier alpha value is -2.86. The number of fused-ring (bicyclic) bond motifs is 1. The smallest absolute Gasteiger partial charge is 0.260 e. The largest absolute Gasteiger partial charge is 0.493 e. The molecule has 0 unspecified atom stereocenters. The number of rotatable bonds is 8. The number of thiazole rings is 1. The van der Waals surface area contributed by atoms with E-state index < -0.39 is 0 Å². The van der Waals surface area contributed by atoms with Crippen LogP contribution < -0.4 is 14.4 Å². The van der Waals surface area contributed by atoms with E-state index in [1.165, 1.54) is 11.3 Å². The number of ether oxygens (including phenoxy) is 2. The highest BCUT2D eigenvalue weighted by Crippen LogP contribution is 2.37. The van der Waals surface area contributed by atoms with Gasteiger partial charge >= 0.3 is 0 Å². The van der Waals surface area contributed by atoms with Crippen LogP contribution in [-0.2, 0) is 0 Å². The van der Waals surface area contributed by atoms with Gasteiger partial charge in [-0.3, -0.25) is 9.69 Å². The predicted molar refractivity (Wildman–Crippen MR) is 126 cm³/mol. The quantitative estimate of drug-likeness (QED) is 0.501. The SMILES string of the molecule is COc1cc2nc(N(CCCN(C)C)C(=O)c3ccc(C#N)cc3)sc2cc1OC.Cl. The summed E-state index contributed by atoms with van der Waals surface area (Å²) in [4.78, 5) is 21.8. The van der Waals surface area contributed by atoms with E-state index in [-0.39, 0.29) is 18.3 Å². The zero-order chi connectivity index (χ0) is 21.7. The Labute approximate surface area is 192 Å². The Balaban J connectivity index is 0.00000341. The van der Waals surface area contributed by atoms with Crippen LogP contribution in [0.2, 0.25) is 0 Å². The molecule has 2 aromatic carbocycles. The number of hydrogen-bond acceptors (Lipinski definition) is 7. The van der Waals surface area contributed by atoms with Crippen molar-refractivity contribution in [2.75, 3.05) is 46.3 Å². The zero-order valence-electron chi connectivity index (χ0n) is 17.9. The molecule has 0 aliphatic heterocycles. The Bertz CT molecular complexity index is 1040. The van der Waals surface area contributed by atoms with Crippen molar-refractivity contribution < 1.29 is 14.3 Å². The van der Waals surface area contributed by atoms with Gasteiger partial charge < -0.3 is 14.4 Å². The lowest BCUT2D eigenvalue weighted by molar-refractivity contribution is 0.0986. The molecule has 0 atom stereocenters. The van der Waals surface area contributed by atoms with Gasteiger partial charge in [-0.05, 0) is 51.3 Å². The first kappa shape index (κ1) is 24.4. The van der Waals surface area contributed by atoms with Crippen molar-refractivity contribution in [2.45, 2.75) is 6.42 Å². The Morgan fingerprint density at radius 3 is 2.32 bits per heavy atom. The number of hydrogen-bond donors (Lipinski definition) is 0. The maximum absolute atomic E-state index is 13.3. The third-order valence-electron chi connectivity index (χ3n) is 4.61. The highest BCUT2D eigenvalue weighted by atomic mass is 35.5. The molecule has 0 aliphatic rings. The fraction of sp³-hybridized carbons (Fsp3) is 0.318. The summed E-state index contributed by atoms with van der Waals surface area (Å²) in [7, 11) is 7.18. The normalized spacial score (nSPS) is 10.5. The minimum Gasteiger partial charge on any atom is -0.493 e. The van der Waals surface area contributed by atoms with Gasteiger partial charge in [0.15, 0.2) is 16.6 Å². The summed E-state index contributed by atoms with van der Waals surface area (Å²) in [6.07, 6.45) is 0.803. The van der Waals surface area contributed by atoms with Gasteiger partial charge in [-0.1, -0.05) is 11.3 Å². The summed E-state index contributed by atoms with van der Waals surface area (Å²) >= 11 is 1.44. The van der Waals surface area contributed by atoms with E-state index in [1.807, 2.05) is 26.2 Å². The standard InChI is InChI=1S/C22H24N4O3S.ClH/c1-25(2)10-5-11-26(21(27)16-8-6-15(14-23)7-9-16)22-24-17-12-18(28-3)19(29-4)13-20(17)30-22;/h6-9,12-13H,5,10-11H2,1-4H3;1H. The first-order valence-corrected chi connectivity index (χ1v) is 10.3. The second kappa shape index (κ2) is 11.0. The number of nitriles is 1. The number of carbonyl (C=O) groups excluding carboxylic acids is 1. The third kappa shape index (κ3) is 5.64. The van der Waals surface area contributed by atoms with Crippen LogP contribution in [0, 0.1) is 11.3 Å². The van der Waals surface area contributed by atoms with Gasteiger partial charge in [0.1, 0.15) is 0 Å². The molecular formula is C22H25ClN4O3S. The molecule has 1 aromatic heterocycles. The fourth-order valence-corrected chi connectivity index (χ4v) is 4.03. The van der Waals surface area contributed by atoms with Crippen LogP contribution in [0.1, 0.15) is 22.3 Å². The van der Waals surface area contributed by atoms with Crippen molar-refractivity contribution in [3.05, 3.63) is 47.5 Å². The molecular weight excluding hydrogens is 436 g/mol. The van der Waals surface area contributed by atoms with Gasteiger partial charge in [-0.25, -0.2) is 4.98 Å². The third-order valence-corrected chi connectivity index (χ3v) is 5.65. The highest BCUT2D eigenvalue weighted by molar-refractivity contribution is 7.22. The van der Waals surface area contributed by atoms with Crippen molar-refractivity contribution >= 4 is 45.0 Å². The molecule has 0 radical (unpaired) electrons. The van der Waals surface area contributed by atoms with Gasteiger partial charge in [0, 0.05) is 24.2 Å². The average Bonchev–Trinajstić information content (AvgIpc) is 3.17. The first-order valence-electron chi connectivity index (χ1n) is 9.46. The molecule has 0 saturated carbocycles. The van der Waals surface area contributed by atoms with Crippen molar-refractivity contribution in [2.24, 2.45) is 0 Å². The molecule has 3 rings (SSSR count). The molecule has 0 bridgehead atoms. The topological polar surface area (TPSA) is 78.7 Å². The van der Waals surface area contributed by atoms with Crippen LogP contribution >= 0.6 is 23.7 Å². The molecule has 7 nitrogen and oxygen atoms in total. The van der Waals surface area contributed by atoms with Gasteiger partial charge in [0.25, 0.3) is 5.91 Å². The minimum atomic E-state index is -0.142. The minimum absolute atomic E-state index is 0. The maximum Gasteiger partial charge on any atom is 0.260 e. The first-order chi connectivity index (χ1) is 14.5. The molecule has 9 heteroatoms. The summed E-state index contributed by atoms with van der Waals surface area (Å²) in [6, 6.07) is 12.4. The van der Waals surface area contributed by atoms with E-state index in [2.05, 4.69) is 11.0 Å². The molecule has 3 aromatic rings. The zero-order valence-corrected chi connectivity index (χ0v) is 19.5. The van der Waals surface area contributed by atoms with Crippen LogP contribution in [-0.4, -0.2) is 57.2 Å². The summed E-state index contributed by atoms with van der Waals surface area (Å²) in [6.45, 7) is 1.38. The summed E-state index contributed by atoms with van der Waals surface area (Å²) in [5, 5.41) is 9.63. The number of nitrogens with zero attached hydrogens (tertiary/aromatic N) is 4. The van der Waals surface area contributed by atoms with Crippen LogP contribution in [0.25, 0.3) is 10.2 Å². The Kier molecular flexibility index (Phi) is 8.63. The van der Waals surface area contributed by atoms with Crippen molar-refractivity contribution in [1.29, 1.82) is 5.26 Å². The molecule has 1 amide bonds. The lowest BCUT2D eigenvalue weighted by Crippen LogP contribution is -2.33. The van der Waals surface area contributed by atoms with E-state index in [9.17, 15) is 4.79 Å². The average molecular weight is 461 g/mol. The van der Waals surface area contributed by atoms with Crippen LogP contribution in [0.15, 0.2) is 36.4 Å². The van der Waals surface area contributed by atoms with Crippen molar-refractivity contribution in [3.8, 4) is 17.6 Å². The number of anilines is 1. The van der Waals surface area contributed by atoms with E-state index in [0.717, 1.165) is 23.2 Å². The molecule has 0 N–H and O–H groups in total. The summed E-state index contributed by atoms with van der Waals surface area (Å²) in [5.41, 5.74) is 1.79. The van der Waals surface area contributed by atoms with E-state index in [0.29, 0.717) is 34.3 Å². The Morgan fingerprint density at radius 2 is 1.74 bits per heavy atom. The highest BCUT2D eigenvalue weighted by Gasteiger charge is 2.22. The monoisotopic (exact) mass is 460 g/mol. The number of methoxy groups -OCH3 is 2. The van der Waals surface area contributed by atoms with Crippen LogP contribution in [0.5, 0.6) is 11.5 Å². The number of carbonyl (C=O) groups is 1. The molecule has 1 heterocycles. The fourth-order valence-electron chi connectivity index (χ4n) is 3.03. The van der Waals surface area contributed by atoms with E-state index in [4.69, 9.17) is 19.7 Å². The van der Waals surface area contributed by atoms with Gasteiger partial charge in [-0.2, -0.15) is 5.26 Å². The maximum atomic E-state index is 13.3. The van der Waals surface area contributed by atoms with E-state index in [1.54, 1.807) is 43.4 Å². The molecule has 164 valence electrons. The van der Waals surface area contributed by atoms with Gasteiger partial charge in [0.05, 0.1) is 36.1 Å². The Morgan fingerprint density at radius 1 is 1.10 bits per heavy atom. The number of benzene rings is 2. The van der Waals surface area contributed by atoms with Crippen LogP contribution in [0.4, 0.5) is 5.13 Å². The molecule has 31 heavy (non-hydrogen) atoms. The number of halogens is 1. The molecule has 0 aliphatic carbocycles. The molecule has 0 fully saturated rings.